The molecule has 2 aromatic heterocycles. The van der Waals surface area contributed by atoms with Gasteiger partial charge in [0, 0.05) is 5.39 Å². The number of fused-ring (bicyclic) bond motifs is 1. The first-order valence-corrected chi connectivity index (χ1v) is 8.57. The van der Waals surface area contributed by atoms with E-state index in [4.69, 9.17) is 33.4 Å². The Morgan fingerprint density at radius 1 is 1.20 bits per heavy atom. The van der Waals surface area contributed by atoms with Gasteiger partial charge in [0.05, 0.1) is 6.04 Å². The van der Waals surface area contributed by atoms with Crippen molar-refractivity contribution < 1.29 is 4.42 Å². The Kier molecular flexibility index (Phi) is 4.51. The van der Waals surface area contributed by atoms with E-state index in [1.54, 1.807) is 6.92 Å². The first-order valence-electron chi connectivity index (χ1n) is 7.81. The standard InChI is InChI=1S/C17H19Cl2N5O/c1-8-5-6-11-7-12(25-13(11)9(8)2)10(3)21-16-23-14(17(4,18)19)22-15(20)24-16/h5-7,10H,1-4H3,(H3,20,21,22,23,24). The van der Waals surface area contributed by atoms with Crippen LogP contribution in [0.25, 0.3) is 11.0 Å². The number of hydrogen-bond acceptors (Lipinski definition) is 6. The van der Waals surface area contributed by atoms with Gasteiger partial charge in [-0.2, -0.15) is 15.0 Å². The van der Waals surface area contributed by atoms with Gasteiger partial charge in [0.2, 0.25) is 11.9 Å². The maximum Gasteiger partial charge on any atom is 0.228 e. The minimum absolute atomic E-state index is 0.0447. The van der Waals surface area contributed by atoms with Crippen molar-refractivity contribution in [2.75, 3.05) is 11.1 Å². The predicted molar refractivity (Wildman–Crippen MR) is 101 cm³/mol. The Bertz CT molecular complexity index is 933. The molecule has 0 aliphatic rings. The van der Waals surface area contributed by atoms with Crippen LogP contribution in [0.2, 0.25) is 0 Å². The van der Waals surface area contributed by atoms with Gasteiger partial charge in [-0.3, -0.25) is 0 Å². The van der Waals surface area contributed by atoms with Crippen LogP contribution in [0.1, 0.15) is 42.6 Å². The van der Waals surface area contributed by atoms with E-state index in [2.05, 4.69) is 33.3 Å². The van der Waals surface area contributed by atoms with Crippen molar-refractivity contribution in [3.8, 4) is 0 Å². The van der Waals surface area contributed by atoms with Crippen LogP contribution in [0.3, 0.4) is 0 Å². The molecular formula is C17H19Cl2N5O. The normalized spacial score (nSPS) is 13.2. The molecule has 0 amide bonds. The van der Waals surface area contributed by atoms with E-state index in [9.17, 15) is 0 Å². The quantitative estimate of drug-likeness (QED) is 0.641. The predicted octanol–water partition coefficient (Wildman–Crippen LogP) is 4.64. The van der Waals surface area contributed by atoms with Gasteiger partial charge in [-0.15, -0.1) is 0 Å². The van der Waals surface area contributed by atoms with E-state index in [0.29, 0.717) is 0 Å². The van der Waals surface area contributed by atoms with Crippen LogP contribution in [-0.4, -0.2) is 15.0 Å². The summed E-state index contributed by atoms with van der Waals surface area (Å²) in [7, 11) is 0. The highest BCUT2D eigenvalue weighted by Gasteiger charge is 2.25. The largest absolute Gasteiger partial charge is 0.459 e. The van der Waals surface area contributed by atoms with Crippen LogP contribution >= 0.6 is 23.2 Å². The zero-order valence-electron chi connectivity index (χ0n) is 14.4. The van der Waals surface area contributed by atoms with Crippen molar-refractivity contribution in [2.24, 2.45) is 0 Å². The maximum absolute atomic E-state index is 6.05. The van der Waals surface area contributed by atoms with Crippen LogP contribution in [0.5, 0.6) is 0 Å². The van der Waals surface area contributed by atoms with Gasteiger partial charge in [0.15, 0.2) is 10.2 Å². The Labute approximate surface area is 155 Å². The van der Waals surface area contributed by atoms with E-state index >= 15 is 0 Å². The number of alkyl halides is 2. The fourth-order valence-corrected chi connectivity index (χ4v) is 2.66. The van der Waals surface area contributed by atoms with Crippen LogP contribution < -0.4 is 11.1 Å². The number of nitrogens with one attached hydrogen (secondary N) is 1. The molecule has 6 nitrogen and oxygen atoms in total. The summed E-state index contributed by atoms with van der Waals surface area (Å²) in [5.41, 5.74) is 8.92. The number of furan rings is 1. The van der Waals surface area contributed by atoms with Crippen molar-refractivity contribution in [1.29, 1.82) is 0 Å². The molecule has 25 heavy (non-hydrogen) atoms. The van der Waals surface area contributed by atoms with Crippen LogP contribution in [0, 0.1) is 13.8 Å². The molecular weight excluding hydrogens is 361 g/mol. The lowest BCUT2D eigenvalue weighted by Gasteiger charge is -2.15. The Morgan fingerprint density at radius 2 is 1.92 bits per heavy atom. The summed E-state index contributed by atoms with van der Waals surface area (Å²) in [5.74, 6) is 1.29. The summed E-state index contributed by atoms with van der Waals surface area (Å²) in [5, 5.41) is 4.21. The van der Waals surface area contributed by atoms with Gasteiger partial charge in [-0.1, -0.05) is 35.3 Å². The third kappa shape index (κ3) is 3.65. The summed E-state index contributed by atoms with van der Waals surface area (Å²) in [6.45, 7) is 7.62. The number of aromatic nitrogens is 3. The number of halogens is 2. The fraction of sp³-hybridized carbons (Fsp3) is 0.353. The summed E-state index contributed by atoms with van der Waals surface area (Å²) in [4.78, 5) is 12.3. The molecule has 0 fully saturated rings. The lowest BCUT2D eigenvalue weighted by Crippen LogP contribution is -2.17. The van der Waals surface area contributed by atoms with Crippen molar-refractivity contribution >= 4 is 46.1 Å². The van der Waals surface area contributed by atoms with Crippen LogP contribution in [0.15, 0.2) is 22.6 Å². The summed E-state index contributed by atoms with van der Waals surface area (Å²) in [6, 6.07) is 5.94. The van der Waals surface area contributed by atoms with Gasteiger partial charge < -0.3 is 15.5 Å². The summed E-state index contributed by atoms with van der Waals surface area (Å²) < 4.78 is 4.77. The molecule has 8 heteroatoms. The minimum atomic E-state index is -1.26. The molecule has 1 aromatic carbocycles. The highest BCUT2D eigenvalue weighted by molar-refractivity contribution is 6.47. The summed E-state index contributed by atoms with van der Waals surface area (Å²) >= 11 is 12.1. The second-order valence-electron chi connectivity index (χ2n) is 6.17. The van der Waals surface area contributed by atoms with E-state index in [-0.39, 0.29) is 23.8 Å². The lowest BCUT2D eigenvalue weighted by molar-refractivity contribution is 0.523. The smallest absolute Gasteiger partial charge is 0.228 e. The number of rotatable bonds is 4. The molecule has 0 bridgehead atoms. The zero-order valence-corrected chi connectivity index (χ0v) is 15.9. The maximum atomic E-state index is 6.05. The third-order valence-electron chi connectivity index (χ3n) is 4.04. The Balaban J connectivity index is 1.91. The van der Waals surface area contributed by atoms with E-state index in [0.717, 1.165) is 22.3 Å². The molecule has 0 aliphatic heterocycles. The lowest BCUT2D eigenvalue weighted by atomic mass is 10.1. The number of nitrogens with zero attached hydrogens (tertiary/aromatic N) is 3. The highest BCUT2D eigenvalue weighted by Crippen LogP contribution is 2.32. The van der Waals surface area contributed by atoms with Crippen molar-refractivity contribution in [3.05, 3.63) is 40.9 Å². The van der Waals surface area contributed by atoms with Gasteiger partial charge in [0.25, 0.3) is 0 Å². The molecule has 2 heterocycles. The Hall–Kier alpha value is -2.05. The van der Waals surface area contributed by atoms with Gasteiger partial charge >= 0.3 is 0 Å². The van der Waals surface area contributed by atoms with Crippen molar-refractivity contribution in [2.45, 2.75) is 38.1 Å². The van der Waals surface area contributed by atoms with Crippen molar-refractivity contribution in [1.82, 2.24) is 15.0 Å². The second-order valence-corrected chi connectivity index (χ2v) is 7.88. The van der Waals surface area contributed by atoms with E-state index < -0.39 is 4.33 Å². The average molecular weight is 380 g/mol. The molecule has 132 valence electrons. The number of anilines is 2. The van der Waals surface area contributed by atoms with Crippen molar-refractivity contribution in [3.63, 3.8) is 0 Å². The topological polar surface area (TPSA) is 89.9 Å². The molecule has 0 saturated carbocycles. The highest BCUT2D eigenvalue weighted by atomic mass is 35.5. The van der Waals surface area contributed by atoms with E-state index in [1.165, 1.54) is 5.56 Å². The molecule has 3 rings (SSSR count). The van der Waals surface area contributed by atoms with Crippen LogP contribution in [-0.2, 0) is 4.33 Å². The third-order valence-corrected chi connectivity index (χ3v) is 4.38. The van der Waals surface area contributed by atoms with E-state index in [1.807, 2.05) is 26.0 Å². The number of nitrogens with two attached hydrogens (primary N) is 1. The second kappa shape index (κ2) is 6.35. The van der Waals surface area contributed by atoms with Gasteiger partial charge in [-0.25, -0.2) is 0 Å². The molecule has 0 spiro atoms. The molecule has 0 saturated heterocycles. The number of nitrogen functional groups attached to an aromatic ring is 1. The Morgan fingerprint density at radius 3 is 2.60 bits per heavy atom. The number of hydrogen-bond donors (Lipinski definition) is 2. The zero-order chi connectivity index (χ0) is 18.4. The van der Waals surface area contributed by atoms with Crippen LogP contribution in [0.4, 0.5) is 11.9 Å². The SMILES string of the molecule is Cc1ccc2cc(C(C)Nc3nc(N)nc(C(C)(Cl)Cl)n3)oc2c1C. The molecule has 3 aromatic rings. The molecule has 1 atom stereocenters. The molecule has 0 aliphatic carbocycles. The monoisotopic (exact) mass is 379 g/mol. The summed E-state index contributed by atoms with van der Waals surface area (Å²) in [6.07, 6.45) is 0. The molecule has 0 radical (unpaired) electrons. The first kappa shape index (κ1) is 17.8. The average Bonchev–Trinajstić information content (AvgIpc) is 2.95. The number of aryl methyl sites for hydroxylation is 2. The number of benzene rings is 1. The molecule has 1 unspecified atom stereocenters. The van der Waals surface area contributed by atoms with Gasteiger partial charge in [0.1, 0.15) is 11.3 Å². The molecule has 3 N–H and O–H groups in total. The fourth-order valence-electron chi connectivity index (χ4n) is 2.49. The first-order chi connectivity index (χ1) is 11.6. The van der Waals surface area contributed by atoms with Gasteiger partial charge in [-0.05, 0) is 44.9 Å². The minimum Gasteiger partial charge on any atom is -0.459 e.